The summed E-state index contributed by atoms with van der Waals surface area (Å²) in [5, 5.41) is 6.59. The summed E-state index contributed by atoms with van der Waals surface area (Å²) in [7, 11) is 0. The van der Waals surface area contributed by atoms with E-state index in [0.29, 0.717) is 0 Å². The molecule has 0 spiro atoms. The van der Waals surface area contributed by atoms with E-state index in [-0.39, 0.29) is 0 Å². The average molecular weight is 780 g/mol. The van der Waals surface area contributed by atoms with Crippen LogP contribution in [0.3, 0.4) is 0 Å². The van der Waals surface area contributed by atoms with Gasteiger partial charge in [-0.15, -0.1) is 0 Å². The van der Waals surface area contributed by atoms with Gasteiger partial charge in [0.15, 0.2) is 0 Å². The Balaban J connectivity index is 1.06. The molecule has 2 aromatic heterocycles. The molecule has 0 unspecified atom stereocenters. The molecule has 0 atom stereocenters. The molecular formula is C58H37NO2. The number of benzene rings is 10. The minimum atomic E-state index is 0.864. The van der Waals surface area contributed by atoms with E-state index in [2.05, 4.69) is 217 Å². The van der Waals surface area contributed by atoms with Crippen LogP contribution in [0.4, 0.5) is 17.1 Å². The molecule has 0 N–H and O–H groups in total. The molecule has 2 heterocycles. The van der Waals surface area contributed by atoms with Crippen molar-refractivity contribution in [1.82, 2.24) is 0 Å². The number of hydrogen-bond donors (Lipinski definition) is 0. The van der Waals surface area contributed by atoms with Crippen LogP contribution in [0.5, 0.6) is 0 Å². The smallest absolute Gasteiger partial charge is 0.143 e. The summed E-state index contributed by atoms with van der Waals surface area (Å²) in [6, 6.07) is 79.8. The summed E-state index contributed by atoms with van der Waals surface area (Å²) in [5.41, 5.74) is 15.9. The van der Waals surface area contributed by atoms with Gasteiger partial charge in [-0.25, -0.2) is 0 Å². The highest BCUT2D eigenvalue weighted by atomic mass is 16.3. The summed E-state index contributed by atoms with van der Waals surface area (Å²) in [4.78, 5) is 2.39. The second-order valence-corrected chi connectivity index (χ2v) is 15.6. The van der Waals surface area contributed by atoms with Gasteiger partial charge in [-0.3, -0.25) is 0 Å². The molecular weight excluding hydrogens is 743 g/mol. The van der Waals surface area contributed by atoms with Crippen molar-refractivity contribution in [3.8, 4) is 44.5 Å². The third-order valence-corrected chi connectivity index (χ3v) is 12.1. The topological polar surface area (TPSA) is 29.5 Å². The Morgan fingerprint density at radius 2 is 0.770 bits per heavy atom. The highest BCUT2D eigenvalue weighted by Gasteiger charge is 2.22. The molecule has 61 heavy (non-hydrogen) atoms. The second kappa shape index (κ2) is 14.3. The molecule has 10 aromatic carbocycles. The maximum Gasteiger partial charge on any atom is 0.143 e. The fourth-order valence-electron chi connectivity index (χ4n) is 9.18. The monoisotopic (exact) mass is 779 g/mol. The first-order valence-corrected chi connectivity index (χ1v) is 20.7. The van der Waals surface area contributed by atoms with Crippen LogP contribution in [-0.4, -0.2) is 0 Å². The minimum absolute atomic E-state index is 0.864. The van der Waals surface area contributed by atoms with Crippen LogP contribution in [0.15, 0.2) is 233 Å². The Morgan fingerprint density at radius 1 is 0.279 bits per heavy atom. The molecule has 0 aliphatic rings. The normalized spacial score (nSPS) is 11.6. The number of anilines is 3. The van der Waals surface area contributed by atoms with Crippen molar-refractivity contribution < 1.29 is 8.83 Å². The van der Waals surface area contributed by atoms with Crippen molar-refractivity contribution in [2.24, 2.45) is 0 Å². The first-order valence-electron chi connectivity index (χ1n) is 20.7. The van der Waals surface area contributed by atoms with Crippen LogP contribution in [-0.2, 0) is 0 Å². The maximum absolute atomic E-state index is 6.85. The Labute approximate surface area is 353 Å². The number of rotatable bonds is 7. The zero-order valence-electron chi connectivity index (χ0n) is 33.1. The van der Waals surface area contributed by atoms with Crippen LogP contribution in [0.25, 0.3) is 99.2 Å². The first-order chi connectivity index (χ1) is 30.2. The summed E-state index contributed by atoms with van der Waals surface area (Å²) in [6.07, 6.45) is 0. The van der Waals surface area contributed by atoms with E-state index in [9.17, 15) is 0 Å². The molecule has 0 radical (unpaired) electrons. The van der Waals surface area contributed by atoms with Gasteiger partial charge < -0.3 is 13.7 Å². The van der Waals surface area contributed by atoms with Crippen molar-refractivity contribution in [2.45, 2.75) is 0 Å². The van der Waals surface area contributed by atoms with E-state index in [1.807, 2.05) is 12.1 Å². The lowest BCUT2D eigenvalue weighted by Gasteiger charge is -2.27. The maximum atomic E-state index is 6.85. The van der Waals surface area contributed by atoms with Gasteiger partial charge in [0.2, 0.25) is 0 Å². The molecule has 0 fully saturated rings. The number of para-hydroxylation sites is 2. The highest BCUT2D eigenvalue weighted by Crippen LogP contribution is 2.47. The fourth-order valence-corrected chi connectivity index (χ4v) is 9.18. The number of nitrogens with zero attached hydrogens (tertiary/aromatic N) is 1. The van der Waals surface area contributed by atoms with Crippen LogP contribution in [0.1, 0.15) is 0 Å². The van der Waals surface area contributed by atoms with E-state index >= 15 is 0 Å². The summed E-state index contributed by atoms with van der Waals surface area (Å²) >= 11 is 0. The molecule has 3 nitrogen and oxygen atoms in total. The zero-order valence-corrected chi connectivity index (χ0v) is 33.1. The van der Waals surface area contributed by atoms with E-state index < -0.39 is 0 Å². The molecule has 3 heteroatoms. The Kier molecular flexibility index (Phi) is 8.17. The molecule has 286 valence electrons. The van der Waals surface area contributed by atoms with Crippen LogP contribution in [0, 0.1) is 0 Å². The average Bonchev–Trinajstić information content (AvgIpc) is 3.92. The van der Waals surface area contributed by atoms with Gasteiger partial charge in [-0.2, -0.15) is 0 Å². The van der Waals surface area contributed by atoms with Crippen LogP contribution < -0.4 is 4.90 Å². The molecule has 0 saturated heterocycles. The lowest BCUT2D eigenvalue weighted by Crippen LogP contribution is -2.10. The first kappa shape index (κ1) is 34.9. The van der Waals surface area contributed by atoms with Crippen molar-refractivity contribution >= 4 is 71.7 Å². The molecule has 0 saturated carbocycles. The van der Waals surface area contributed by atoms with Crippen molar-refractivity contribution in [2.75, 3.05) is 4.90 Å². The van der Waals surface area contributed by atoms with E-state index in [0.717, 1.165) is 94.0 Å². The Bertz CT molecular complexity index is 3560. The molecule has 12 rings (SSSR count). The molecule has 0 amide bonds. The molecule has 12 aromatic rings. The molecule has 0 aliphatic carbocycles. The minimum Gasteiger partial charge on any atom is -0.455 e. The van der Waals surface area contributed by atoms with E-state index in [1.54, 1.807) is 0 Å². The van der Waals surface area contributed by atoms with Crippen molar-refractivity contribution in [1.29, 1.82) is 0 Å². The highest BCUT2D eigenvalue weighted by molar-refractivity contribution is 6.22. The summed E-state index contributed by atoms with van der Waals surface area (Å²) < 4.78 is 13.3. The number of furan rings is 2. The predicted molar refractivity (Wildman–Crippen MR) is 255 cm³/mol. The van der Waals surface area contributed by atoms with Crippen LogP contribution >= 0.6 is 0 Å². The Hall–Kier alpha value is -8.14. The van der Waals surface area contributed by atoms with Crippen molar-refractivity contribution in [3.63, 3.8) is 0 Å². The second-order valence-electron chi connectivity index (χ2n) is 15.6. The zero-order chi connectivity index (χ0) is 40.3. The summed E-state index contributed by atoms with van der Waals surface area (Å²) in [6.45, 7) is 0. The van der Waals surface area contributed by atoms with Crippen molar-refractivity contribution in [3.05, 3.63) is 224 Å². The van der Waals surface area contributed by atoms with Gasteiger partial charge in [0.25, 0.3) is 0 Å². The standard InChI is InChI=1S/C58H37NO2/c1-3-14-38(15-4-1)40-28-32-44(33-29-40)59(45-34-30-41(31-35-45)47-24-12-25-51-49-21-9-10-26-54(49)60-57(47)51)53-37-52-56-46(43-19-11-18-42(36-43)39-16-5-2-6-17-39)23-13-27-55(56)61-58(52)50-22-8-7-20-48(50)53/h1-37H. The number of hydrogen-bond acceptors (Lipinski definition) is 3. The molecule has 0 aliphatic heterocycles. The largest absolute Gasteiger partial charge is 0.455 e. The predicted octanol–water partition coefficient (Wildman–Crippen LogP) is 16.8. The van der Waals surface area contributed by atoms with Crippen LogP contribution in [0.2, 0.25) is 0 Å². The van der Waals surface area contributed by atoms with Gasteiger partial charge >= 0.3 is 0 Å². The lowest BCUT2D eigenvalue weighted by atomic mass is 9.94. The SMILES string of the molecule is c1ccc(-c2ccc(N(c3ccc(-c4cccc5c4oc4ccccc45)cc3)c3cc4c(oc5cccc(-c6cccc(-c7ccccc7)c6)c54)c4ccccc34)cc2)cc1. The van der Waals surface area contributed by atoms with Gasteiger partial charge in [0.1, 0.15) is 22.3 Å². The molecule has 0 bridgehead atoms. The quantitative estimate of drug-likeness (QED) is 0.161. The third-order valence-electron chi connectivity index (χ3n) is 12.1. The Morgan fingerprint density at radius 3 is 1.52 bits per heavy atom. The fraction of sp³-hybridized carbons (Fsp3) is 0. The van der Waals surface area contributed by atoms with Gasteiger partial charge in [0, 0.05) is 49.3 Å². The third kappa shape index (κ3) is 5.90. The van der Waals surface area contributed by atoms with Gasteiger partial charge in [0.05, 0.1) is 5.69 Å². The van der Waals surface area contributed by atoms with E-state index in [4.69, 9.17) is 8.83 Å². The number of fused-ring (bicyclic) bond motifs is 8. The summed E-state index contributed by atoms with van der Waals surface area (Å²) in [5.74, 6) is 0. The van der Waals surface area contributed by atoms with Gasteiger partial charge in [-0.05, 0) is 87.5 Å². The van der Waals surface area contributed by atoms with Gasteiger partial charge in [-0.1, -0.05) is 176 Å². The van der Waals surface area contributed by atoms with E-state index in [1.165, 1.54) is 22.3 Å². The lowest BCUT2D eigenvalue weighted by molar-refractivity contribution is 0.670.